The Kier molecular flexibility index (Phi) is 4.89. The molecule has 0 spiro atoms. The van der Waals surface area contributed by atoms with Crippen LogP contribution >= 0.6 is 11.3 Å². The molecule has 1 aliphatic heterocycles. The van der Waals surface area contributed by atoms with Crippen LogP contribution in [0, 0.1) is 0 Å². The van der Waals surface area contributed by atoms with E-state index in [0.29, 0.717) is 17.7 Å². The molecule has 0 saturated carbocycles. The Hall–Kier alpha value is -3.31. The first-order chi connectivity index (χ1) is 14.7. The minimum absolute atomic E-state index is 0.359. The highest BCUT2D eigenvalue weighted by atomic mass is 32.1. The number of likely N-dealkylation sites (N-methyl/N-ethyl adjacent to an activating group) is 1. The number of benzene rings is 1. The summed E-state index contributed by atoms with van der Waals surface area (Å²) in [5.41, 5.74) is 3.84. The van der Waals surface area contributed by atoms with E-state index < -0.39 is 0 Å². The van der Waals surface area contributed by atoms with Crippen LogP contribution in [0.15, 0.2) is 40.7 Å². The Morgan fingerprint density at radius 1 is 1.10 bits per heavy atom. The van der Waals surface area contributed by atoms with Crippen LogP contribution in [0.25, 0.3) is 10.2 Å². The summed E-state index contributed by atoms with van der Waals surface area (Å²) in [4.78, 5) is 24.5. The lowest BCUT2D eigenvalue weighted by Gasteiger charge is -2.33. The highest BCUT2D eigenvalue weighted by molar-refractivity contribution is 7.16. The van der Waals surface area contributed by atoms with Gasteiger partial charge in [0.15, 0.2) is 0 Å². The summed E-state index contributed by atoms with van der Waals surface area (Å²) in [6.45, 7) is 3.80. The molecule has 10 nitrogen and oxygen atoms in total. The fourth-order valence-electron chi connectivity index (χ4n) is 3.34. The maximum absolute atomic E-state index is 4.86. The van der Waals surface area contributed by atoms with Gasteiger partial charge < -0.3 is 24.5 Å². The maximum atomic E-state index is 4.86. The molecule has 0 radical (unpaired) electrons. The van der Waals surface area contributed by atoms with Crippen LogP contribution in [0.1, 0.15) is 0 Å². The number of piperazine rings is 1. The van der Waals surface area contributed by atoms with E-state index in [-0.39, 0.29) is 0 Å². The monoisotopic (exact) mass is 423 g/mol. The molecule has 0 unspecified atom stereocenters. The highest BCUT2D eigenvalue weighted by Gasteiger charge is 2.19. The second-order valence-electron chi connectivity index (χ2n) is 7.14. The van der Waals surface area contributed by atoms with Gasteiger partial charge in [-0.05, 0) is 30.4 Å². The number of anilines is 5. The molecule has 4 heterocycles. The van der Waals surface area contributed by atoms with Gasteiger partial charge in [-0.1, -0.05) is 0 Å². The molecule has 0 amide bonds. The van der Waals surface area contributed by atoms with Crippen molar-refractivity contribution in [1.29, 1.82) is 0 Å². The van der Waals surface area contributed by atoms with E-state index in [2.05, 4.69) is 43.4 Å². The van der Waals surface area contributed by atoms with E-state index in [4.69, 9.17) is 14.5 Å². The minimum Gasteiger partial charge on any atom is -0.354 e. The van der Waals surface area contributed by atoms with E-state index in [1.807, 2.05) is 35.7 Å². The van der Waals surface area contributed by atoms with Crippen molar-refractivity contribution >= 4 is 50.8 Å². The molecule has 4 aromatic rings. The molecular weight excluding hydrogens is 402 g/mol. The average Bonchev–Trinajstić information content (AvgIpc) is 3.44. The Labute approximate surface area is 177 Å². The molecule has 0 bridgehead atoms. The molecule has 0 aliphatic carbocycles. The molecule has 1 N–H and O–H groups in total. The first-order valence-electron chi connectivity index (χ1n) is 9.59. The van der Waals surface area contributed by atoms with Crippen LogP contribution in [-0.2, 0) is 0 Å². The summed E-state index contributed by atoms with van der Waals surface area (Å²) in [5.74, 6) is 2.42. The lowest BCUT2D eigenvalue weighted by atomic mass is 10.3. The molecule has 154 valence electrons. The largest absolute Gasteiger partial charge is 0.354 e. The van der Waals surface area contributed by atoms with Gasteiger partial charge in [0.05, 0.1) is 15.7 Å². The molecule has 0 atom stereocenters. The average molecular weight is 424 g/mol. The number of rotatable bonds is 5. The summed E-state index contributed by atoms with van der Waals surface area (Å²) in [5, 5.41) is 6.93. The van der Waals surface area contributed by atoms with Gasteiger partial charge in [-0.3, -0.25) is 0 Å². The molecular formula is C19H21N9OS. The van der Waals surface area contributed by atoms with E-state index in [0.717, 1.165) is 47.9 Å². The van der Waals surface area contributed by atoms with Gasteiger partial charge in [0.25, 0.3) is 5.95 Å². The fraction of sp³-hybridized carbons (Fsp3) is 0.316. The molecule has 30 heavy (non-hydrogen) atoms. The van der Waals surface area contributed by atoms with Gasteiger partial charge in [0, 0.05) is 45.0 Å². The van der Waals surface area contributed by atoms with Crippen molar-refractivity contribution < 1.29 is 4.52 Å². The summed E-state index contributed by atoms with van der Waals surface area (Å²) in [7, 11) is 4.10. The second-order valence-corrected chi connectivity index (χ2v) is 8.03. The van der Waals surface area contributed by atoms with Crippen LogP contribution < -0.4 is 15.1 Å². The number of aromatic nitrogens is 5. The number of nitrogens with zero attached hydrogens (tertiary/aromatic N) is 8. The van der Waals surface area contributed by atoms with Crippen molar-refractivity contribution in [3.05, 3.63) is 36.2 Å². The minimum atomic E-state index is 0.359. The van der Waals surface area contributed by atoms with E-state index >= 15 is 0 Å². The maximum Gasteiger partial charge on any atom is 0.268 e. The van der Waals surface area contributed by atoms with Gasteiger partial charge in [0.2, 0.25) is 12.3 Å². The molecule has 1 fully saturated rings. The zero-order chi connectivity index (χ0) is 20.5. The molecule has 1 saturated heterocycles. The van der Waals surface area contributed by atoms with Gasteiger partial charge in [-0.25, -0.2) is 4.98 Å². The molecule has 3 aromatic heterocycles. The molecule has 1 aromatic carbocycles. The summed E-state index contributed by atoms with van der Waals surface area (Å²) in [6, 6.07) is 8.07. The number of nitrogens with one attached hydrogen (secondary N) is 1. The van der Waals surface area contributed by atoms with Crippen molar-refractivity contribution in [3.8, 4) is 0 Å². The summed E-state index contributed by atoms with van der Waals surface area (Å²) in [6.07, 6.45) is 1.28. The number of thiazole rings is 1. The third kappa shape index (κ3) is 3.76. The van der Waals surface area contributed by atoms with E-state index in [1.54, 1.807) is 11.3 Å². The number of hydrogen-bond donors (Lipinski definition) is 1. The lowest BCUT2D eigenvalue weighted by molar-refractivity contribution is 0.312. The normalized spacial score (nSPS) is 14.9. The Morgan fingerprint density at radius 3 is 2.77 bits per heavy atom. The van der Waals surface area contributed by atoms with Gasteiger partial charge in [-0.15, -0.1) is 11.3 Å². The molecule has 11 heteroatoms. The molecule has 1 aliphatic rings. The van der Waals surface area contributed by atoms with Crippen molar-refractivity contribution in [2.75, 3.05) is 55.4 Å². The molecule has 5 rings (SSSR count). The quantitative estimate of drug-likeness (QED) is 0.516. The van der Waals surface area contributed by atoms with Crippen LogP contribution in [-0.4, -0.2) is 70.3 Å². The van der Waals surface area contributed by atoms with Crippen molar-refractivity contribution in [2.24, 2.45) is 0 Å². The van der Waals surface area contributed by atoms with Crippen LogP contribution in [0.4, 0.5) is 29.2 Å². The SMILES string of the molecule is CN1CCN(c2cc(Nc3ncon3)nc(N(C)c3ccc4ncsc4c3)n2)CC1. The van der Waals surface area contributed by atoms with Gasteiger partial charge in [0.1, 0.15) is 11.6 Å². The first-order valence-corrected chi connectivity index (χ1v) is 10.5. The van der Waals surface area contributed by atoms with Gasteiger partial charge >= 0.3 is 0 Å². The summed E-state index contributed by atoms with van der Waals surface area (Å²) < 4.78 is 5.95. The van der Waals surface area contributed by atoms with Crippen molar-refractivity contribution in [2.45, 2.75) is 0 Å². The standard InChI is InChI=1S/C19H21N9OS/c1-26-5-7-28(8-6-26)17-10-16(22-18-20-11-29-25-18)23-19(24-17)27(2)13-3-4-14-15(9-13)30-12-21-14/h3-4,9-12H,5-8H2,1-2H3,(H,22,23,24,25). The fourth-order valence-corrected chi connectivity index (χ4v) is 4.05. The smallest absolute Gasteiger partial charge is 0.268 e. The predicted octanol–water partition coefficient (Wildman–Crippen LogP) is 2.73. The number of fused-ring (bicyclic) bond motifs is 1. The topological polar surface area (TPSA) is 99.3 Å². The lowest BCUT2D eigenvalue weighted by Crippen LogP contribution is -2.45. The van der Waals surface area contributed by atoms with E-state index in [1.165, 1.54) is 6.39 Å². The Bertz CT molecular complexity index is 1140. The highest BCUT2D eigenvalue weighted by Crippen LogP contribution is 2.29. The van der Waals surface area contributed by atoms with Crippen LogP contribution in [0.2, 0.25) is 0 Å². The third-order valence-corrected chi connectivity index (χ3v) is 5.92. The summed E-state index contributed by atoms with van der Waals surface area (Å²) >= 11 is 1.62. The predicted molar refractivity (Wildman–Crippen MR) is 117 cm³/mol. The van der Waals surface area contributed by atoms with Crippen LogP contribution in [0.3, 0.4) is 0 Å². The second kappa shape index (κ2) is 7.84. The Morgan fingerprint density at radius 2 is 1.97 bits per heavy atom. The zero-order valence-electron chi connectivity index (χ0n) is 16.7. The third-order valence-electron chi connectivity index (χ3n) is 5.13. The van der Waals surface area contributed by atoms with Crippen LogP contribution in [0.5, 0.6) is 0 Å². The Balaban J connectivity index is 1.50. The zero-order valence-corrected chi connectivity index (χ0v) is 17.5. The van der Waals surface area contributed by atoms with Crippen molar-refractivity contribution in [1.82, 2.24) is 30.0 Å². The van der Waals surface area contributed by atoms with E-state index in [9.17, 15) is 0 Å². The van der Waals surface area contributed by atoms with Gasteiger partial charge in [-0.2, -0.15) is 15.0 Å². The first kappa shape index (κ1) is 18.7. The number of hydrogen-bond acceptors (Lipinski definition) is 11. The van der Waals surface area contributed by atoms with Crippen molar-refractivity contribution in [3.63, 3.8) is 0 Å².